The molecule has 0 fully saturated rings. The third kappa shape index (κ3) is 3.29. The third-order valence-electron chi connectivity index (χ3n) is 4.94. The van der Waals surface area contributed by atoms with Crippen LogP contribution in [-0.2, 0) is 19.4 Å². The molecular weight excluding hydrogens is 310 g/mol. The SMILES string of the molecule is Cc1ccc(CCNC(=O)c2ccc3c(c2)nc2n3CCCC2)cc1. The Morgan fingerprint density at radius 2 is 2.00 bits per heavy atom. The summed E-state index contributed by atoms with van der Waals surface area (Å²) in [6.45, 7) is 3.75. The highest BCUT2D eigenvalue weighted by molar-refractivity contribution is 5.97. The van der Waals surface area contributed by atoms with Crippen LogP contribution in [0.2, 0.25) is 0 Å². The van der Waals surface area contributed by atoms with E-state index in [4.69, 9.17) is 4.98 Å². The van der Waals surface area contributed by atoms with Crippen LogP contribution in [0, 0.1) is 6.92 Å². The second-order valence-electron chi connectivity index (χ2n) is 6.83. The molecule has 0 aliphatic carbocycles. The van der Waals surface area contributed by atoms with Crippen LogP contribution in [0.4, 0.5) is 0 Å². The fourth-order valence-electron chi connectivity index (χ4n) is 3.49. The Morgan fingerprint density at radius 3 is 2.84 bits per heavy atom. The van der Waals surface area contributed by atoms with Crippen molar-refractivity contribution in [3.63, 3.8) is 0 Å². The number of nitrogens with one attached hydrogen (secondary N) is 1. The number of hydrogen-bond donors (Lipinski definition) is 1. The van der Waals surface area contributed by atoms with Gasteiger partial charge in [-0.15, -0.1) is 0 Å². The molecule has 2 heterocycles. The van der Waals surface area contributed by atoms with Crippen LogP contribution in [0.1, 0.15) is 40.2 Å². The summed E-state index contributed by atoms with van der Waals surface area (Å²) in [5.41, 5.74) is 5.26. The minimum Gasteiger partial charge on any atom is -0.352 e. The number of fused-ring (bicyclic) bond motifs is 3. The maximum absolute atomic E-state index is 12.4. The first kappa shape index (κ1) is 15.9. The van der Waals surface area contributed by atoms with E-state index in [1.165, 1.54) is 24.0 Å². The molecule has 4 rings (SSSR count). The van der Waals surface area contributed by atoms with Crippen molar-refractivity contribution in [2.75, 3.05) is 6.54 Å². The zero-order chi connectivity index (χ0) is 17.2. The van der Waals surface area contributed by atoms with Crippen molar-refractivity contribution < 1.29 is 4.79 Å². The smallest absolute Gasteiger partial charge is 0.251 e. The summed E-state index contributed by atoms with van der Waals surface area (Å²) in [5.74, 6) is 1.12. The van der Waals surface area contributed by atoms with Crippen LogP contribution in [0.25, 0.3) is 11.0 Å². The lowest BCUT2D eigenvalue weighted by atomic mass is 10.1. The molecule has 0 spiro atoms. The number of aryl methyl sites for hydroxylation is 3. The van der Waals surface area contributed by atoms with E-state index < -0.39 is 0 Å². The summed E-state index contributed by atoms with van der Waals surface area (Å²) >= 11 is 0. The highest BCUT2D eigenvalue weighted by atomic mass is 16.1. The topological polar surface area (TPSA) is 46.9 Å². The van der Waals surface area contributed by atoms with Gasteiger partial charge in [-0.05, 0) is 49.9 Å². The van der Waals surface area contributed by atoms with E-state index in [2.05, 4.69) is 41.1 Å². The molecule has 0 unspecified atom stereocenters. The van der Waals surface area contributed by atoms with Gasteiger partial charge in [0, 0.05) is 25.1 Å². The first-order valence-corrected chi connectivity index (χ1v) is 9.03. The van der Waals surface area contributed by atoms with Crippen molar-refractivity contribution in [2.45, 2.75) is 39.2 Å². The molecule has 0 bridgehead atoms. The number of amides is 1. The molecule has 1 aliphatic rings. The van der Waals surface area contributed by atoms with E-state index in [1.54, 1.807) is 0 Å². The Labute approximate surface area is 147 Å². The summed E-state index contributed by atoms with van der Waals surface area (Å²) in [6, 6.07) is 14.3. The van der Waals surface area contributed by atoms with Gasteiger partial charge in [0.05, 0.1) is 11.0 Å². The first-order chi connectivity index (χ1) is 12.2. The predicted octanol–water partition coefficient (Wildman–Crippen LogP) is 3.65. The Morgan fingerprint density at radius 1 is 1.16 bits per heavy atom. The summed E-state index contributed by atoms with van der Waals surface area (Å²) in [6.07, 6.45) is 4.29. The quantitative estimate of drug-likeness (QED) is 0.792. The zero-order valence-electron chi connectivity index (χ0n) is 14.6. The van der Waals surface area contributed by atoms with Gasteiger partial charge in [-0.3, -0.25) is 4.79 Å². The number of imidazole rings is 1. The molecular formula is C21H23N3O. The molecule has 4 heteroatoms. The highest BCUT2D eigenvalue weighted by Gasteiger charge is 2.15. The maximum Gasteiger partial charge on any atom is 0.251 e. The molecule has 4 nitrogen and oxygen atoms in total. The Bertz CT molecular complexity index is 909. The lowest BCUT2D eigenvalue weighted by Gasteiger charge is -2.13. The fraction of sp³-hybridized carbons (Fsp3) is 0.333. The molecule has 0 radical (unpaired) electrons. The average Bonchev–Trinajstić information content (AvgIpc) is 3.01. The van der Waals surface area contributed by atoms with Crippen LogP contribution in [0.3, 0.4) is 0 Å². The van der Waals surface area contributed by atoms with Gasteiger partial charge < -0.3 is 9.88 Å². The number of rotatable bonds is 4. The average molecular weight is 333 g/mol. The van der Waals surface area contributed by atoms with Gasteiger partial charge >= 0.3 is 0 Å². The largest absolute Gasteiger partial charge is 0.352 e. The van der Waals surface area contributed by atoms with Crippen molar-refractivity contribution in [1.82, 2.24) is 14.9 Å². The van der Waals surface area contributed by atoms with E-state index in [0.717, 1.165) is 36.2 Å². The van der Waals surface area contributed by atoms with Gasteiger partial charge in [0.25, 0.3) is 5.91 Å². The second-order valence-corrected chi connectivity index (χ2v) is 6.83. The van der Waals surface area contributed by atoms with Crippen LogP contribution in [0.15, 0.2) is 42.5 Å². The normalized spacial score (nSPS) is 13.6. The minimum absolute atomic E-state index is 0.0278. The van der Waals surface area contributed by atoms with Crippen molar-refractivity contribution in [1.29, 1.82) is 0 Å². The molecule has 2 aromatic carbocycles. The van der Waals surface area contributed by atoms with E-state index in [0.29, 0.717) is 12.1 Å². The molecule has 0 saturated heterocycles. The van der Waals surface area contributed by atoms with Gasteiger partial charge in [-0.1, -0.05) is 29.8 Å². The third-order valence-corrected chi connectivity index (χ3v) is 4.94. The summed E-state index contributed by atoms with van der Waals surface area (Å²) in [7, 11) is 0. The van der Waals surface area contributed by atoms with E-state index in [9.17, 15) is 4.79 Å². The summed E-state index contributed by atoms with van der Waals surface area (Å²) in [4.78, 5) is 17.1. The Kier molecular flexibility index (Phi) is 4.26. The number of aromatic nitrogens is 2. The van der Waals surface area contributed by atoms with Gasteiger partial charge in [-0.25, -0.2) is 4.98 Å². The van der Waals surface area contributed by atoms with Crippen LogP contribution >= 0.6 is 0 Å². The molecule has 1 N–H and O–H groups in total. The van der Waals surface area contributed by atoms with Crippen molar-refractivity contribution in [2.24, 2.45) is 0 Å². The summed E-state index contributed by atoms with van der Waals surface area (Å²) in [5, 5.41) is 3.01. The molecule has 1 amide bonds. The second kappa shape index (κ2) is 6.71. The molecule has 3 aromatic rings. The number of carbonyl (C=O) groups is 1. The standard InChI is InChI=1S/C21H23N3O/c1-15-5-7-16(8-6-15)11-12-22-21(25)17-9-10-19-18(14-17)23-20-4-2-3-13-24(19)20/h5-10,14H,2-4,11-13H2,1H3,(H,22,25). The number of nitrogens with zero attached hydrogens (tertiary/aromatic N) is 2. The van der Waals surface area contributed by atoms with Crippen molar-refractivity contribution in [3.8, 4) is 0 Å². The maximum atomic E-state index is 12.4. The van der Waals surface area contributed by atoms with Crippen LogP contribution in [-0.4, -0.2) is 22.0 Å². The molecule has 1 aliphatic heterocycles. The van der Waals surface area contributed by atoms with Crippen LogP contribution in [0.5, 0.6) is 0 Å². The molecule has 1 aromatic heterocycles. The Balaban J connectivity index is 1.44. The van der Waals surface area contributed by atoms with E-state index in [-0.39, 0.29) is 5.91 Å². The van der Waals surface area contributed by atoms with E-state index in [1.807, 2.05) is 18.2 Å². The van der Waals surface area contributed by atoms with Gasteiger partial charge in [0.1, 0.15) is 5.82 Å². The fourth-order valence-corrected chi connectivity index (χ4v) is 3.49. The lowest BCUT2D eigenvalue weighted by Crippen LogP contribution is -2.25. The van der Waals surface area contributed by atoms with Gasteiger partial charge in [0.2, 0.25) is 0 Å². The molecule has 25 heavy (non-hydrogen) atoms. The zero-order valence-corrected chi connectivity index (χ0v) is 14.6. The van der Waals surface area contributed by atoms with Crippen molar-refractivity contribution >= 4 is 16.9 Å². The summed E-state index contributed by atoms with van der Waals surface area (Å²) < 4.78 is 2.29. The minimum atomic E-state index is -0.0278. The monoisotopic (exact) mass is 333 g/mol. The molecule has 128 valence electrons. The van der Waals surface area contributed by atoms with Crippen molar-refractivity contribution in [3.05, 3.63) is 65.0 Å². The van der Waals surface area contributed by atoms with Gasteiger partial charge in [-0.2, -0.15) is 0 Å². The highest BCUT2D eigenvalue weighted by Crippen LogP contribution is 2.23. The number of carbonyl (C=O) groups excluding carboxylic acids is 1. The number of hydrogen-bond acceptors (Lipinski definition) is 2. The van der Waals surface area contributed by atoms with E-state index >= 15 is 0 Å². The Hall–Kier alpha value is -2.62. The predicted molar refractivity (Wildman–Crippen MR) is 99.9 cm³/mol. The van der Waals surface area contributed by atoms with Crippen LogP contribution < -0.4 is 5.32 Å². The molecule has 0 atom stereocenters. The molecule has 0 saturated carbocycles. The lowest BCUT2D eigenvalue weighted by molar-refractivity contribution is 0.0954. The van der Waals surface area contributed by atoms with Gasteiger partial charge in [0.15, 0.2) is 0 Å². The number of benzene rings is 2. The first-order valence-electron chi connectivity index (χ1n) is 9.03.